The molecule has 2 heterocycles. The maximum absolute atomic E-state index is 12.6. The first-order valence-corrected chi connectivity index (χ1v) is 7.49. The van der Waals surface area contributed by atoms with Crippen LogP contribution in [0, 0.1) is 5.92 Å². The van der Waals surface area contributed by atoms with Crippen LogP contribution >= 0.6 is 0 Å². The standard InChI is InChI=1S/C15H24N2O4/c1-11-4-3-7-17(13(11)14(18)19)15(20)16-8-5-12(6-9-16)10-21-2/h5,11,13H,3-4,6-10H2,1-2H3,(H,18,19). The molecule has 2 aliphatic rings. The van der Waals surface area contributed by atoms with Gasteiger partial charge in [0.2, 0.25) is 0 Å². The third-order valence-electron chi connectivity index (χ3n) is 4.34. The Kier molecular flexibility index (Phi) is 5.22. The van der Waals surface area contributed by atoms with Gasteiger partial charge in [-0.1, -0.05) is 13.0 Å². The average Bonchev–Trinajstić information content (AvgIpc) is 2.47. The summed E-state index contributed by atoms with van der Waals surface area (Å²) in [6.07, 6.45) is 4.53. The van der Waals surface area contributed by atoms with E-state index in [9.17, 15) is 14.7 Å². The van der Waals surface area contributed by atoms with Gasteiger partial charge in [0, 0.05) is 26.7 Å². The van der Waals surface area contributed by atoms with E-state index < -0.39 is 12.0 Å². The summed E-state index contributed by atoms with van der Waals surface area (Å²) in [6.45, 7) is 4.21. The molecule has 2 unspecified atom stereocenters. The Hall–Kier alpha value is -1.56. The number of rotatable bonds is 3. The van der Waals surface area contributed by atoms with Crippen LogP contribution < -0.4 is 0 Å². The first kappa shape index (κ1) is 15.8. The first-order valence-electron chi connectivity index (χ1n) is 7.49. The molecule has 6 heteroatoms. The van der Waals surface area contributed by atoms with E-state index in [2.05, 4.69) is 0 Å². The van der Waals surface area contributed by atoms with Crippen LogP contribution in [-0.2, 0) is 9.53 Å². The second-order valence-corrected chi connectivity index (χ2v) is 5.87. The van der Waals surface area contributed by atoms with Crippen molar-refractivity contribution >= 4 is 12.0 Å². The zero-order valence-corrected chi connectivity index (χ0v) is 12.7. The first-order chi connectivity index (χ1) is 10.0. The molecule has 0 saturated carbocycles. The number of carbonyl (C=O) groups excluding carboxylic acids is 1. The van der Waals surface area contributed by atoms with Gasteiger partial charge in [-0.05, 0) is 30.8 Å². The summed E-state index contributed by atoms with van der Waals surface area (Å²) in [7, 11) is 1.66. The second-order valence-electron chi connectivity index (χ2n) is 5.87. The molecule has 0 spiro atoms. The molecule has 2 amide bonds. The van der Waals surface area contributed by atoms with Crippen LogP contribution in [0.5, 0.6) is 0 Å². The highest BCUT2D eigenvalue weighted by molar-refractivity contribution is 5.83. The third kappa shape index (κ3) is 3.56. The Bertz CT molecular complexity index is 435. The van der Waals surface area contributed by atoms with Crippen LogP contribution in [0.15, 0.2) is 11.6 Å². The van der Waals surface area contributed by atoms with Gasteiger partial charge in [-0.3, -0.25) is 0 Å². The molecule has 0 aromatic rings. The number of urea groups is 1. The highest BCUT2D eigenvalue weighted by Gasteiger charge is 2.38. The molecular weight excluding hydrogens is 272 g/mol. The van der Waals surface area contributed by atoms with E-state index in [0.717, 1.165) is 19.3 Å². The second kappa shape index (κ2) is 6.93. The number of piperidine rings is 1. The number of carboxylic acid groups (broad SMARTS) is 1. The highest BCUT2D eigenvalue weighted by atomic mass is 16.5. The smallest absolute Gasteiger partial charge is 0.326 e. The normalized spacial score (nSPS) is 26.5. The summed E-state index contributed by atoms with van der Waals surface area (Å²) in [6, 6.07) is -0.850. The molecule has 0 aromatic carbocycles. The summed E-state index contributed by atoms with van der Waals surface area (Å²) in [5.41, 5.74) is 1.20. The van der Waals surface area contributed by atoms with Gasteiger partial charge in [0.15, 0.2) is 0 Å². The van der Waals surface area contributed by atoms with E-state index in [1.165, 1.54) is 10.5 Å². The molecule has 0 aliphatic carbocycles. The Morgan fingerprint density at radius 3 is 2.76 bits per heavy atom. The zero-order chi connectivity index (χ0) is 15.4. The van der Waals surface area contributed by atoms with Crippen LogP contribution in [0.2, 0.25) is 0 Å². The van der Waals surface area contributed by atoms with Gasteiger partial charge in [-0.15, -0.1) is 0 Å². The lowest BCUT2D eigenvalue weighted by Crippen LogP contribution is -2.56. The molecule has 1 fully saturated rings. The van der Waals surface area contributed by atoms with Crippen molar-refractivity contribution < 1.29 is 19.4 Å². The third-order valence-corrected chi connectivity index (χ3v) is 4.34. The molecule has 0 radical (unpaired) electrons. The Morgan fingerprint density at radius 2 is 2.19 bits per heavy atom. The van der Waals surface area contributed by atoms with Crippen LogP contribution in [0.3, 0.4) is 0 Å². The summed E-state index contributed by atoms with van der Waals surface area (Å²) in [5.74, 6) is -0.896. The van der Waals surface area contributed by atoms with Crippen LogP contribution in [0.4, 0.5) is 4.79 Å². The largest absolute Gasteiger partial charge is 0.480 e. The Labute approximate surface area is 125 Å². The molecule has 2 rings (SSSR count). The van der Waals surface area contributed by atoms with Gasteiger partial charge in [0.1, 0.15) is 6.04 Å². The SMILES string of the molecule is COCC1=CCN(C(=O)N2CCCC(C)C2C(=O)O)CC1. The van der Waals surface area contributed by atoms with E-state index >= 15 is 0 Å². The molecule has 0 aromatic heterocycles. The number of aliphatic carboxylic acids is 1. The number of likely N-dealkylation sites (tertiary alicyclic amines) is 1. The van der Waals surface area contributed by atoms with Crippen molar-refractivity contribution in [3.05, 3.63) is 11.6 Å². The molecule has 6 nitrogen and oxygen atoms in total. The van der Waals surface area contributed by atoms with Gasteiger partial charge in [0.05, 0.1) is 6.61 Å². The van der Waals surface area contributed by atoms with Crippen LogP contribution in [-0.4, -0.2) is 66.3 Å². The number of amides is 2. The number of carboxylic acids is 1. The number of ether oxygens (including phenoxy) is 1. The fourth-order valence-corrected chi connectivity index (χ4v) is 3.16. The predicted octanol–water partition coefficient (Wildman–Crippen LogP) is 1.57. The van der Waals surface area contributed by atoms with Crippen molar-refractivity contribution in [2.75, 3.05) is 33.4 Å². The average molecular weight is 296 g/mol. The van der Waals surface area contributed by atoms with E-state index in [-0.39, 0.29) is 11.9 Å². The van der Waals surface area contributed by atoms with Gasteiger partial charge in [-0.2, -0.15) is 0 Å². The van der Waals surface area contributed by atoms with Crippen molar-refractivity contribution in [1.29, 1.82) is 0 Å². The summed E-state index contributed by atoms with van der Waals surface area (Å²) < 4.78 is 5.10. The lowest BCUT2D eigenvalue weighted by molar-refractivity contribution is -0.145. The zero-order valence-electron chi connectivity index (χ0n) is 12.7. The number of hydrogen-bond donors (Lipinski definition) is 1. The van der Waals surface area contributed by atoms with Crippen LogP contribution in [0.25, 0.3) is 0 Å². The van der Waals surface area contributed by atoms with Gasteiger partial charge < -0.3 is 19.6 Å². The minimum atomic E-state index is -0.900. The molecule has 2 aliphatic heterocycles. The fourth-order valence-electron chi connectivity index (χ4n) is 3.16. The summed E-state index contributed by atoms with van der Waals surface area (Å²) in [5, 5.41) is 9.40. The monoisotopic (exact) mass is 296 g/mol. The predicted molar refractivity (Wildman–Crippen MR) is 78.1 cm³/mol. The van der Waals surface area contributed by atoms with Crippen molar-refractivity contribution in [2.24, 2.45) is 5.92 Å². The van der Waals surface area contributed by atoms with Crippen molar-refractivity contribution in [2.45, 2.75) is 32.2 Å². The molecular formula is C15H24N2O4. The molecule has 0 bridgehead atoms. The molecule has 118 valence electrons. The Balaban J connectivity index is 2.03. The van der Waals surface area contributed by atoms with Crippen LogP contribution in [0.1, 0.15) is 26.2 Å². The number of hydrogen-bond acceptors (Lipinski definition) is 3. The highest BCUT2D eigenvalue weighted by Crippen LogP contribution is 2.25. The molecule has 21 heavy (non-hydrogen) atoms. The van der Waals surface area contributed by atoms with E-state index in [0.29, 0.717) is 26.2 Å². The summed E-state index contributed by atoms with van der Waals surface area (Å²) >= 11 is 0. The fraction of sp³-hybridized carbons (Fsp3) is 0.733. The van der Waals surface area contributed by atoms with E-state index in [4.69, 9.17) is 4.74 Å². The van der Waals surface area contributed by atoms with Gasteiger partial charge in [-0.25, -0.2) is 9.59 Å². The molecule has 1 N–H and O–H groups in total. The lowest BCUT2D eigenvalue weighted by atomic mass is 9.91. The maximum atomic E-state index is 12.6. The molecule has 1 saturated heterocycles. The van der Waals surface area contributed by atoms with E-state index in [1.54, 1.807) is 12.0 Å². The maximum Gasteiger partial charge on any atom is 0.326 e. The lowest BCUT2D eigenvalue weighted by Gasteiger charge is -2.40. The quantitative estimate of drug-likeness (QED) is 0.803. The number of nitrogens with zero attached hydrogens (tertiary/aromatic N) is 2. The van der Waals surface area contributed by atoms with Crippen molar-refractivity contribution in [3.8, 4) is 0 Å². The minimum Gasteiger partial charge on any atom is -0.480 e. The molecule has 2 atom stereocenters. The number of carbonyl (C=O) groups is 2. The number of methoxy groups -OCH3 is 1. The minimum absolute atomic E-state index is 0.00425. The topological polar surface area (TPSA) is 70.1 Å². The van der Waals surface area contributed by atoms with Crippen molar-refractivity contribution in [3.63, 3.8) is 0 Å². The van der Waals surface area contributed by atoms with Gasteiger partial charge >= 0.3 is 12.0 Å². The summed E-state index contributed by atoms with van der Waals surface area (Å²) in [4.78, 5) is 27.3. The van der Waals surface area contributed by atoms with Gasteiger partial charge in [0.25, 0.3) is 0 Å². The van der Waals surface area contributed by atoms with E-state index in [1.807, 2.05) is 13.0 Å². The Morgan fingerprint density at radius 1 is 1.43 bits per heavy atom. The van der Waals surface area contributed by atoms with Crippen molar-refractivity contribution in [1.82, 2.24) is 9.80 Å².